The lowest BCUT2D eigenvalue weighted by molar-refractivity contribution is 1.42. The van der Waals surface area contributed by atoms with E-state index in [0.717, 1.165) is 16.0 Å². The molecule has 0 aliphatic carbocycles. The van der Waals surface area contributed by atoms with Crippen molar-refractivity contribution in [2.45, 2.75) is 5.88 Å². The van der Waals surface area contributed by atoms with Crippen molar-refractivity contribution in [3.63, 3.8) is 0 Å². The van der Waals surface area contributed by atoms with E-state index >= 15 is 0 Å². The molecule has 0 aliphatic rings. The number of fused-ring (bicyclic) bond motifs is 1. The zero-order valence-electron chi connectivity index (χ0n) is 6.48. The van der Waals surface area contributed by atoms with E-state index < -0.39 is 0 Å². The van der Waals surface area contributed by atoms with Crippen LogP contribution in [0.3, 0.4) is 0 Å². The zero-order valence-corrected chi connectivity index (χ0v) is 11.0. The molecule has 0 saturated heterocycles. The zero-order chi connectivity index (χ0) is 9.42. The van der Waals surface area contributed by atoms with Crippen LogP contribution in [0.4, 0.5) is 0 Å². The monoisotopic (exact) mass is 342 g/mol. The molecule has 0 aliphatic heterocycles. The summed E-state index contributed by atoms with van der Waals surface area (Å²) in [4.78, 5) is 0. The summed E-state index contributed by atoms with van der Waals surface area (Å²) in [6, 6.07) is 4.16. The second-order valence-electron chi connectivity index (χ2n) is 2.67. The van der Waals surface area contributed by atoms with Crippen molar-refractivity contribution in [3.05, 3.63) is 31.7 Å². The lowest BCUT2D eigenvalue weighted by atomic mass is 10.2. The third-order valence-corrected chi connectivity index (χ3v) is 4.79. The number of benzene rings is 1. The normalized spacial score (nSPS) is 11.0. The third-order valence-electron chi connectivity index (χ3n) is 1.80. The molecule has 0 nitrogen and oxygen atoms in total. The van der Waals surface area contributed by atoms with Crippen LogP contribution in [0.25, 0.3) is 10.1 Å². The molecule has 0 amide bonds. The van der Waals surface area contributed by atoms with Crippen LogP contribution in [-0.4, -0.2) is 0 Å². The fourth-order valence-corrected chi connectivity index (χ4v) is 3.58. The Morgan fingerprint density at radius 3 is 2.85 bits per heavy atom. The minimum atomic E-state index is 0.540. The molecule has 2 rings (SSSR count). The predicted octanol–water partition coefficient (Wildman–Crippen LogP) is 4.90. The van der Waals surface area contributed by atoms with Gasteiger partial charge in [0.1, 0.15) is 0 Å². The van der Waals surface area contributed by atoms with E-state index in [1.165, 1.54) is 8.27 Å². The highest BCUT2D eigenvalue weighted by Crippen LogP contribution is 2.34. The van der Waals surface area contributed by atoms with Gasteiger partial charge in [0, 0.05) is 24.9 Å². The molecule has 0 N–H and O–H groups in total. The number of thiophene rings is 1. The first kappa shape index (κ1) is 10.0. The van der Waals surface area contributed by atoms with E-state index in [9.17, 15) is 0 Å². The Morgan fingerprint density at radius 2 is 2.15 bits per heavy atom. The molecule has 1 aromatic carbocycles. The maximum atomic E-state index is 6.04. The predicted molar refractivity (Wildman–Crippen MR) is 69.1 cm³/mol. The van der Waals surface area contributed by atoms with Crippen LogP contribution < -0.4 is 0 Å². The van der Waals surface area contributed by atoms with Crippen molar-refractivity contribution in [2.24, 2.45) is 0 Å². The quantitative estimate of drug-likeness (QED) is 0.511. The summed E-state index contributed by atoms with van der Waals surface area (Å²) in [5.41, 5.74) is 1.12. The standard InChI is InChI=1S/C9H5Cl2IS/c10-3-5-1-6-7(11)4-13-9(6)8(12)2-5/h1-2,4H,3H2. The van der Waals surface area contributed by atoms with Crippen molar-refractivity contribution in [1.29, 1.82) is 0 Å². The van der Waals surface area contributed by atoms with Crippen LogP contribution in [0, 0.1) is 3.57 Å². The largest absolute Gasteiger partial charge is 0.141 e. The number of alkyl halides is 1. The number of halogens is 3. The van der Waals surface area contributed by atoms with Gasteiger partial charge in [0.25, 0.3) is 0 Å². The van der Waals surface area contributed by atoms with Gasteiger partial charge < -0.3 is 0 Å². The number of rotatable bonds is 1. The Morgan fingerprint density at radius 1 is 1.38 bits per heavy atom. The third kappa shape index (κ3) is 1.82. The molecular weight excluding hydrogens is 338 g/mol. The van der Waals surface area contributed by atoms with Gasteiger partial charge in [0.15, 0.2) is 0 Å². The van der Waals surface area contributed by atoms with E-state index in [0.29, 0.717) is 5.88 Å². The van der Waals surface area contributed by atoms with E-state index in [-0.39, 0.29) is 0 Å². The molecule has 0 bridgehead atoms. The van der Waals surface area contributed by atoms with Crippen LogP contribution in [0.15, 0.2) is 17.5 Å². The van der Waals surface area contributed by atoms with Crippen LogP contribution >= 0.6 is 57.1 Å². The van der Waals surface area contributed by atoms with Gasteiger partial charge in [0.05, 0.1) is 5.02 Å². The molecule has 0 saturated carbocycles. The van der Waals surface area contributed by atoms with Crippen molar-refractivity contribution >= 4 is 67.2 Å². The van der Waals surface area contributed by atoms with E-state index in [1.54, 1.807) is 11.3 Å². The minimum absolute atomic E-state index is 0.540. The van der Waals surface area contributed by atoms with Gasteiger partial charge >= 0.3 is 0 Å². The van der Waals surface area contributed by atoms with Crippen molar-refractivity contribution in [2.75, 3.05) is 0 Å². The molecule has 68 valence electrons. The summed E-state index contributed by atoms with van der Waals surface area (Å²) in [7, 11) is 0. The van der Waals surface area contributed by atoms with E-state index in [1.807, 2.05) is 5.38 Å². The Hall–Kier alpha value is 0.490. The molecule has 0 unspecified atom stereocenters. The maximum absolute atomic E-state index is 6.04. The lowest BCUT2D eigenvalue weighted by Crippen LogP contribution is -1.80. The van der Waals surface area contributed by atoms with Crippen LogP contribution in [-0.2, 0) is 5.88 Å². The first-order valence-corrected chi connectivity index (χ1v) is 6.50. The van der Waals surface area contributed by atoms with Gasteiger partial charge in [-0.3, -0.25) is 0 Å². The highest BCUT2D eigenvalue weighted by atomic mass is 127. The van der Waals surface area contributed by atoms with Crippen molar-refractivity contribution < 1.29 is 0 Å². The molecular formula is C9H5Cl2IS. The molecule has 13 heavy (non-hydrogen) atoms. The summed E-state index contributed by atoms with van der Waals surface area (Å²) in [6.07, 6.45) is 0. The highest BCUT2D eigenvalue weighted by Gasteiger charge is 2.06. The smallest absolute Gasteiger partial charge is 0.0592 e. The summed E-state index contributed by atoms with van der Waals surface area (Å²) in [6.45, 7) is 0. The molecule has 1 aromatic heterocycles. The number of hydrogen-bond acceptors (Lipinski definition) is 1. The van der Waals surface area contributed by atoms with Gasteiger partial charge in [-0.2, -0.15) is 0 Å². The Kier molecular flexibility index (Phi) is 3.03. The SMILES string of the molecule is ClCc1cc(I)c2scc(Cl)c2c1. The van der Waals surface area contributed by atoms with Gasteiger partial charge in [-0.05, 0) is 40.3 Å². The molecule has 2 aromatic rings. The summed E-state index contributed by atoms with van der Waals surface area (Å²) in [5, 5.41) is 3.91. The summed E-state index contributed by atoms with van der Waals surface area (Å²) >= 11 is 15.8. The Bertz CT molecular complexity index is 450. The van der Waals surface area contributed by atoms with E-state index in [4.69, 9.17) is 23.2 Å². The molecule has 0 fully saturated rings. The van der Waals surface area contributed by atoms with Gasteiger partial charge in [-0.15, -0.1) is 22.9 Å². The van der Waals surface area contributed by atoms with Gasteiger partial charge in [-0.1, -0.05) is 11.6 Å². The summed E-state index contributed by atoms with van der Waals surface area (Å²) in [5.74, 6) is 0.540. The van der Waals surface area contributed by atoms with E-state index in [2.05, 4.69) is 34.7 Å². The fourth-order valence-electron chi connectivity index (χ4n) is 1.20. The highest BCUT2D eigenvalue weighted by molar-refractivity contribution is 14.1. The number of hydrogen-bond donors (Lipinski definition) is 0. The van der Waals surface area contributed by atoms with Crippen molar-refractivity contribution in [3.8, 4) is 0 Å². The van der Waals surface area contributed by atoms with Crippen LogP contribution in [0.5, 0.6) is 0 Å². The fraction of sp³-hybridized carbons (Fsp3) is 0.111. The maximum Gasteiger partial charge on any atom is 0.0592 e. The lowest BCUT2D eigenvalue weighted by Gasteiger charge is -1.99. The summed E-state index contributed by atoms with van der Waals surface area (Å²) < 4.78 is 2.47. The average Bonchev–Trinajstić information content (AvgIpc) is 2.48. The van der Waals surface area contributed by atoms with Crippen LogP contribution in [0.2, 0.25) is 5.02 Å². The average molecular weight is 343 g/mol. The van der Waals surface area contributed by atoms with Crippen LogP contribution in [0.1, 0.15) is 5.56 Å². The minimum Gasteiger partial charge on any atom is -0.141 e. The van der Waals surface area contributed by atoms with Crippen molar-refractivity contribution in [1.82, 2.24) is 0 Å². The second kappa shape index (κ2) is 3.93. The molecule has 4 heteroatoms. The first-order chi connectivity index (χ1) is 6.22. The molecule has 1 heterocycles. The topological polar surface area (TPSA) is 0 Å². The molecule has 0 spiro atoms. The molecule has 0 radical (unpaired) electrons. The first-order valence-electron chi connectivity index (χ1n) is 3.63. The Labute approximate surface area is 104 Å². The molecule has 0 atom stereocenters. The second-order valence-corrected chi connectivity index (χ2v) is 5.39. The Balaban J connectivity index is 2.80. The van der Waals surface area contributed by atoms with Gasteiger partial charge in [0.2, 0.25) is 0 Å². The van der Waals surface area contributed by atoms with Gasteiger partial charge in [-0.25, -0.2) is 0 Å².